The molecule has 1 heterocycles. The van der Waals surface area contributed by atoms with Crippen LogP contribution in [0.1, 0.15) is 21.7 Å². The van der Waals surface area contributed by atoms with Crippen molar-refractivity contribution in [3.05, 3.63) is 47.0 Å². The smallest absolute Gasteiger partial charge is 0.274 e. The first-order valence-corrected chi connectivity index (χ1v) is 5.41. The van der Waals surface area contributed by atoms with Gasteiger partial charge in [0.2, 0.25) is 0 Å². The number of aromatic amines is 1. The molecule has 0 atom stereocenters. The van der Waals surface area contributed by atoms with E-state index in [1.165, 1.54) is 6.07 Å². The Balaban J connectivity index is 2.05. The Bertz CT molecular complexity index is 579. The maximum absolute atomic E-state index is 13.3. The molecule has 1 aromatic heterocycles. The van der Waals surface area contributed by atoms with E-state index in [1.54, 1.807) is 25.1 Å². The summed E-state index contributed by atoms with van der Waals surface area (Å²) in [4.78, 5) is 11.8. The first-order valence-electron chi connectivity index (χ1n) is 5.41. The summed E-state index contributed by atoms with van der Waals surface area (Å²) in [6.07, 6.45) is 0. The number of carbonyl (C=O) groups excluding carboxylic acids is 1. The second kappa shape index (κ2) is 4.87. The van der Waals surface area contributed by atoms with E-state index >= 15 is 0 Å². The van der Waals surface area contributed by atoms with E-state index in [2.05, 4.69) is 15.5 Å². The Morgan fingerprint density at radius 3 is 2.83 bits per heavy atom. The summed E-state index contributed by atoms with van der Waals surface area (Å²) in [5, 5.41) is 8.98. The normalized spacial score (nSPS) is 10.3. The zero-order chi connectivity index (χ0) is 13.1. The second-order valence-corrected chi connectivity index (χ2v) is 3.88. The van der Waals surface area contributed by atoms with Crippen LogP contribution in [0.4, 0.5) is 10.1 Å². The molecule has 0 spiro atoms. The summed E-state index contributed by atoms with van der Waals surface area (Å²) >= 11 is 0. The van der Waals surface area contributed by atoms with E-state index in [4.69, 9.17) is 5.73 Å². The van der Waals surface area contributed by atoms with Crippen molar-refractivity contribution in [3.8, 4) is 0 Å². The number of nitrogens with one attached hydrogen (secondary N) is 2. The number of aryl methyl sites for hydroxylation is 1. The number of H-pyrrole nitrogens is 1. The predicted molar refractivity (Wildman–Crippen MR) is 65.3 cm³/mol. The van der Waals surface area contributed by atoms with Crippen molar-refractivity contribution >= 4 is 11.6 Å². The molecule has 2 rings (SSSR count). The van der Waals surface area contributed by atoms with Gasteiger partial charge in [-0.2, -0.15) is 5.10 Å². The number of aromatic nitrogens is 2. The van der Waals surface area contributed by atoms with E-state index in [-0.39, 0.29) is 18.1 Å². The number of halogens is 1. The van der Waals surface area contributed by atoms with Crippen LogP contribution >= 0.6 is 0 Å². The molecule has 18 heavy (non-hydrogen) atoms. The van der Waals surface area contributed by atoms with Crippen molar-refractivity contribution < 1.29 is 9.18 Å². The highest BCUT2D eigenvalue weighted by Gasteiger charge is 2.15. The first kappa shape index (κ1) is 12.1. The molecular weight excluding hydrogens is 235 g/mol. The molecule has 6 heteroatoms. The van der Waals surface area contributed by atoms with Gasteiger partial charge in [0.25, 0.3) is 5.91 Å². The van der Waals surface area contributed by atoms with Crippen molar-refractivity contribution in [1.29, 1.82) is 0 Å². The van der Waals surface area contributed by atoms with Crippen LogP contribution in [0.3, 0.4) is 0 Å². The highest BCUT2D eigenvalue weighted by Crippen LogP contribution is 2.12. The maximum Gasteiger partial charge on any atom is 0.274 e. The number of carbonyl (C=O) groups is 1. The van der Waals surface area contributed by atoms with Gasteiger partial charge in [-0.15, -0.1) is 0 Å². The lowest BCUT2D eigenvalue weighted by atomic mass is 10.2. The summed E-state index contributed by atoms with van der Waals surface area (Å²) in [5.41, 5.74) is 7.15. The molecular formula is C12H13FN4O. The van der Waals surface area contributed by atoms with Crippen molar-refractivity contribution in [2.45, 2.75) is 13.5 Å². The summed E-state index contributed by atoms with van der Waals surface area (Å²) < 4.78 is 13.3. The lowest BCUT2D eigenvalue weighted by Crippen LogP contribution is -2.24. The monoisotopic (exact) mass is 248 g/mol. The first-order chi connectivity index (χ1) is 8.59. The van der Waals surface area contributed by atoms with Gasteiger partial charge in [0.15, 0.2) is 5.69 Å². The summed E-state index contributed by atoms with van der Waals surface area (Å²) in [6.45, 7) is 1.81. The Hall–Kier alpha value is -2.37. The minimum absolute atomic E-state index is 0.0941. The van der Waals surface area contributed by atoms with Crippen molar-refractivity contribution in [2.24, 2.45) is 0 Å². The summed E-state index contributed by atoms with van der Waals surface area (Å²) in [7, 11) is 0. The minimum Gasteiger partial charge on any atom is -0.395 e. The average Bonchev–Trinajstić information content (AvgIpc) is 2.69. The molecule has 2 aromatic rings. The molecule has 0 saturated carbocycles. The van der Waals surface area contributed by atoms with Gasteiger partial charge in [-0.25, -0.2) is 4.39 Å². The predicted octanol–water partition coefficient (Wildman–Crippen LogP) is 1.37. The van der Waals surface area contributed by atoms with Gasteiger partial charge in [0, 0.05) is 12.1 Å². The van der Waals surface area contributed by atoms with Crippen LogP contribution in [0.2, 0.25) is 0 Å². The largest absolute Gasteiger partial charge is 0.395 e. The molecule has 0 fully saturated rings. The van der Waals surface area contributed by atoms with Gasteiger partial charge in [0.05, 0.1) is 11.4 Å². The molecule has 0 bridgehead atoms. The number of anilines is 1. The molecule has 1 amide bonds. The van der Waals surface area contributed by atoms with Gasteiger partial charge in [-0.3, -0.25) is 9.89 Å². The van der Waals surface area contributed by atoms with Crippen LogP contribution in [-0.2, 0) is 6.54 Å². The van der Waals surface area contributed by atoms with E-state index in [0.717, 1.165) is 0 Å². The fraction of sp³-hybridized carbons (Fsp3) is 0.167. The molecule has 0 saturated heterocycles. The highest BCUT2D eigenvalue weighted by molar-refractivity contribution is 5.97. The zero-order valence-corrected chi connectivity index (χ0v) is 9.83. The number of hydrogen-bond acceptors (Lipinski definition) is 3. The van der Waals surface area contributed by atoms with Crippen LogP contribution in [0, 0.1) is 12.7 Å². The van der Waals surface area contributed by atoms with E-state index in [1.807, 2.05) is 0 Å². The third kappa shape index (κ3) is 2.32. The quantitative estimate of drug-likeness (QED) is 0.767. The number of nitrogens with two attached hydrogens (primary N) is 1. The lowest BCUT2D eigenvalue weighted by molar-refractivity contribution is 0.0946. The van der Waals surface area contributed by atoms with Crippen LogP contribution in [0.5, 0.6) is 0 Å². The van der Waals surface area contributed by atoms with Crippen molar-refractivity contribution in [1.82, 2.24) is 15.5 Å². The summed E-state index contributed by atoms with van der Waals surface area (Å²) in [6, 6.07) is 6.25. The Morgan fingerprint density at radius 2 is 2.22 bits per heavy atom. The van der Waals surface area contributed by atoms with Gasteiger partial charge >= 0.3 is 0 Å². The van der Waals surface area contributed by atoms with Crippen LogP contribution < -0.4 is 11.1 Å². The second-order valence-electron chi connectivity index (χ2n) is 3.88. The Labute approximate surface area is 103 Å². The van der Waals surface area contributed by atoms with E-state index in [9.17, 15) is 9.18 Å². The van der Waals surface area contributed by atoms with Gasteiger partial charge in [0.1, 0.15) is 5.82 Å². The van der Waals surface area contributed by atoms with Crippen molar-refractivity contribution in [3.63, 3.8) is 0 Å². The Kier molecular flexibility index (Phi) is 3.27. The molecule has 4 N–H and O–H groups in total. The summed E-state index contributed by atoms with van der Waals surface area (Å²) in [5.74, 6) is -0.788. The van der Waals surface area contributed by atoms with Crippen LogP contribution in [0.25, 0.3) is 0 Å². The minimum atomic E-state index is -0.430. The van der Waals surface area contributed by atoms with Gasteiger partial charge in [-0.05, 0) is 13.0 Å². The topological polar surface area (TPSA) is 83.8 Å². The molecule has 0 aliphatic rings. The number of nitrogens with zero attached hydrogens (tertiary/aromatic N) is 1. The lowest BCUT2D eigenvalue weighted by Gasteiger charge is -2.05. The van der Waals surface area contributed by atoms with Crippen molar-refractivity contribution in [2.75, 3.05) is 5.73 Å². The standard InChI is InChI=1S/C12H13FN4O/c1-7-10(14)11(17-16-7)12(18)15-6-8-4-2-3-5-9(8)13/h2-5H,6,14H2,1H3,(H,15,18)(H,16,17). The number of hydrogen-bond donors (Lipinski definition) is 3. The molecule has 94 valence electrons. The van der Waals surface area contributed by atoms with E-state index < -0.39 is 5.91 Å². The molecule has 0 aliphatic carbocycles. The Morgan fingerprint density at radius 1 is 1.50 bits per heavy atom. The maximum atomic E-state index is 13.3. The molecule has 0 radical (unpaired) electrons. The fourth-order valence-electron chi connectivity index (χ4n) is 1.51. The number of amides is 1. The molecule has 1 aromatic carbocycles. The van der Waals surface area contributed by atoms with Gasteiger partial charge in [-0.1, -0.05) is 18.2 Å². The fourth-order valence-corrected chi connectivity index (χ4v) is 1.51. The van der Waals surface area contributed by atoms with Gasteiger partial charge < -0.3 is 11.1 Å². The molecule has 0 aliphatic heterocycles. The third-order valence-corrected chi connectivity index (χ3v) is 2.61. The molecule has 0 unspecified atom stereocenters. The third-order valence-electron chi connectivity index (χ3n) is 2.61. The number of nitrogen functional groups attached to an aromatic ring is 1. The average molecular weight is 248 g/mol. The van der Waals surface area contributed by atoms with Crippen LogP contribution in [-0.4, -0.2) is 16.1 Å². The SMILES string of the molecule is Cc1[nH]nc(C(=O)NCc2ccccc2F)c1N. The number of rotatable bonds is 3. The van der Waals surface area contributed by atoms with Crippen LogP contribution in [0.15, 0.2) is 24.3 Å². The molecule has 5 nitrogen and oxygen atoms in total. The zero-order valence-electron chi connectivity index (χ0n) is 9.83. The number of benzene rings is 1. The highest BCUT2D eigenvalue weighted by atomic mass is 19.1. The van der Waals surface area contributed by atoms with E-state index in [0.29, 0.717) is 16.9 Å².